The zero-order valence-electron chi connectivity index (χ0n) is 9.98. The van der Waals surface area contributed by atoms with Crippen LogP contribution in [0.15, 0.2) is 24.3 Å². The van der Waals surface area contributed by atoms with E-state index in [0.29, 0.717) is 12.2 Å². The van der Waals surface area contributed by atoms with E-state index in [2.05, 4.69) is 10.3 Å². The molecule has 0 atom stereocenters. The molecule has 0 unspecified atom stereocenters. The molecule has 1 heterocycles. The molecular weight excluding hydrogens is 252 g/mol. The molecule has 0 fully saturated rings. The first-order valence-corrected chi connectivity index (χ1v) is 5.35. The van der Waals surface area contributed by atoms with E-state index >= 15 is 0 Å². The fourth-order valence-electron chi connectivity index (χ4n) is 1.60. The molecule has 8 heteroatoms. The average molecular weight is 262 g/mol. The topological polar surface area (TPSA) is 111 Å². The van der Waals surface area contributed by atoms with Gasteiger partial charge in [-0.15, -0.1) is 5.10 Å². The van der Waals surface area contributed by atoms with Crippen LogP contribution in [0.25, 0.3) is 0 Å². The monoisotopic (exact) mass is 262 g/mol. The van der Waals surface area contributed by atoms with Gasteiger partial charge in [-0.3, -0.25) is 10.1 Å². The first kappa shape index (κ1) is 12.7. The normalized spacial score (nSPS) is 10.4. The molecule has 0 spiro atoms. The van der Waals surface area contributed by atoms with Gasteiger partial charge in [0.15, 0.2) is 5.69 Å². The smallest absolute Gasteiger partial charge is 0.358 e. The molecule has 0 amide bonds. The van der Waals surface area contributed by atoms with Gasteiger partial charge in [-0.25, -0.2) is 9.48 Å². The lowest BCUT2D eigenvalue weighted by Crippen LogP contribution is -2.05. The molecule has 1 N–H and O–H groups in total. The maximum Gasteiger partial charge on any atom is 0.358 e. The molecule has 1 aromatic carbocycles. The molecule has 0 saturated carbocycles. The summed E-state index contributed by atoms with van der Waals surface area (Å²) in [6, 6.07) is 5.97. The van der Waals surface area contributed by atoms with Crippen molar-refractivity contribution in [1.82, 2.24) is 15.0 Å². The van der Waals surface area contributed by atoms with Crippen LogP contribution in [0, 0.1) is 17.0 Å². The lowest BCUT2D eigenvalue weighted by molar-refractivity contribution is -0.384. The molecular formula is C11H10N4O4. The summed E-state index contributed by atoms with van der Waals surface area (Å²) < 4.78 is 1.44. The highest BCUT2D eigenvalue weighted by Gasteiger charge is 2.15. The van der Waals surface area contributed by atoms with Gasteiger partial charge in [-0.1, -0.05) is 17.3 Å². The second-order valence-corrected chi connectivity index (χ2v) is 3.91. The molecule has 0 bridgehead atoms. The van der Waals surface area contributed by atoms with E-state index in [1.807, 2.05) is 0 Å². The van der Waals surface area contributed by atoms with Gasteiger partial charge >= 0.3 is 5.97 Å². The van der Waals surface area contributed by atoms with Crippen LogP contribution in [0.2, 0.25) is 0 Å². The Morgan fingerprint density at radius 3 is 2.53 bits per heavy atom. The second kappa shape index (κ2) is 4.84. The number of benzene rings is 1. The second-order valence-electron chi connectivity index (χ2n) is 3.91. The molecule has 2 aromatic rings. The van der Waals surface area contributed by atoms with Crippen molar-refractivity contribution in [3.05, 3.63) is 51.3 Å². The predicted octanol–water partition coefficient (Wildman–Crippen LogP) is 1.24. The lowest BCUT2D eigenvalue weighted by atomic mass is 10.2. The summed E-state index contributed by atoms with van der Waals surface area (Å²) in [6.45, 7) is 1.92. The first-order chi connectivity index (χ1) is 8.99. The minimum Gasteiger partial charge on any atom is -0.476 e. The van der Waals surface area contributed by atoms with E-state index in [9.17, 15) is 14.9 Å². The van der Waals surface area contributed by atoms with Crippen LogP contribution in [0.1, 0.15) is 21.7 Å². The zero-order valence-corrected chi connectivity index (χ0v) is 9.98. The zero-order chi connectivity index (χ0) is 14.0. The Kier molecular flexibility index (Phi) is 3.23. The minimum atomic E-state index is -1.13. The Morgan fingerprint density at radius 1 is 1.42 bits per heavy atom. The molecule has 0 saturated heterocycles. The number of carbonyl (C=O) groups is 1. The summed E-state index contributed by atoms with van der Waals surface area (Å²) in [6.07, 6.45) is 0. The molecule has 19 heavy (non-hydrogen) atoms. The van der Waals surface area contributed by atoms with Crippen molar-refractivity contribution in [3.8, 4) is 0 Å². The average Bonchev–Trinajstić information content (AvgIpc) is 2.72. The fourth-order valence-corrected chi connectivity index (χ4v) is 1.60. The summed E-state index contributed by atoms with van der Waals surface area (Å²) in [5, 5.41) is 26.7. The Bertz CT molecular complexity index is 633. The van der Waals surface area contributed by atoms with Gasteiger partial charge in [-0.05, 0) is 12.5 Å². The van der Waals surface area contributed by atoms with E-state index in [4.69, 9.17) is 5.11 Å². The summed E-state index contributed by atoms with van der Waals surface area (Å²) in [5.74, 6) is -1.13. The molecule has 0 radical (unpaired) electrons. The molecule has 0 aliphatic rings. The van der Waals surface area contributed by atoms with Crippen LogP contribution in [0.4, 0.5) is 5.69 Å². The van der Waals surface area contributed by atoms with Gasteiger partial charge in [-0.2, -0.15) is 0 Å². The molecule has 1 aromatic heterocycles. The number of hydrogen-bond acceptors (Lipinski definition) is 5. The van der Waals surface area contributed by atoms with Gasteiger partial charge in [0.1, 0.15) is 0 Å². The minimum absolute atomic E-state index is 0.00490. The summed E-state index contributed by atoms with van der Waals surface area (Å²) in [5.41, 5.74) is 1.12. The fraction of sp³-hybridized carbons (Fsp3) is 0.182. The lowest BCUT2D eigenvalue weighted by Gasteiger charge is -2.03. The Labute approximate surface area is 107 Å². The van der Waals surface area contributed by atoms with Crippen LogP contribution in [0.3, 0.4) is 0 Å². The number of aromatic carboxylic acids is 1. The van der Waals surface area contributed by atoms with Crippen LogP contribution in [0.5, 0.6) is 0 Å². The highest BCUT2D eigenvalue weighted by atomic mass is 16.6. The largest absolute Gasteiger partial charge is 0.476 e. The number of carboxylic acid groups (broad SMARTS) is 1. The molecule has 8 nitrogen and oxygen atoms in total. The number of carboxylic acids is 1. The number of nitro benzene ring substituents is 1. The number of nitro groups is 1. The number of rotatable bonds is 4. The van der Waals surface area contributed by atoms with Crippen LogP contribution in [-0.2, 0) is 6.54 Å². The van der Waals surface area contributed by atoms with E-state index in [1.165, 1.54) is 16.8 Å². The molecule has 0 aliphatic carbocycles. The third-order valence-electron chi connectivity index (χ3n) is 2.66. The highest BCUT2D eigenvalue weighted by Crippen LogP contribution is 2.13. The number of aromatic nitrogens is 3. The van der Waals surface area contributed by atoms with E-state index in [0.717, 1.165) is 5.56 Å². The molecule has 0 aliphatic heterocycles. The van der Waals surface area contributed by atoms with Gasteiger partial charge in [0, 0.05) is 12.1 Å². The van der Waals surface area contributed by atoms with Crippen molar-refractivity contribution >= 4 is 11.7 Å². The summed E-state index contributed by atoms with van der Waals surface area (Å²) in [4.78, 5) is 20.9. The van der Waals surface area contributed by atoms with Crippen LogP contribution < -0.4 is 0 Å². The van der Waals surface area contributed by atoms with Crippen molar-refractivity contribution in [3.63, 3.8) is 0 Å². The van der Waals surface area contributed by atoms with Crippen molar-refractivity contribution < 1.29 is 14.8 Å². The van der Waals surface area contributed by atoms with E-state index in [-0.39, 0.29) is 11.4 Å². The summed E-state index contributed by atoms with van der Waals surface area (Å²) in [7, 11) is 0. The Morgan fingerprint density at radius 2 is 2.05 bits per heavy atom. The maximum atomic E-state index is 10.8. The number of non-ortho nitro benzene ring substituents is 1. The maximum absolute atomic E-state index is 10.8. The van der Waals surface area contributed by atoms with Gasteiger partial charge in [0.2, 0.25) is 0 Å². The SMILES string of the molecule is Cc1c(C(=O)O)nnn1Cc1ccc([N+](=O)[O-])cc1. The third-order valence-corrected chi connectivity index (χ3v) is 2.66. The standard InChI is InChI=1S/C11H10N4O4/c1-7-10(11(16)17)12-13-14(7)6-8-2-4-9(5-3-8)15(18)19/h2-5H,6H2,1H3,(H,16,17). The van der Waals surface area contributed by atoms with Gasteiger partial charge < -0.3 is 5.11 Å². The third kappa shape index (κ3) is 2.57. The number of hydrogen-bond donors (Lipinski definition) is 1. The van der Waals surface area contributed by atoms with E-state index < -0.39 is 10.9 Å². The van der Waals surface area contributed by atoms with Crippen molar-refractivity contribution in [2.24, 2.45) is 0 Å². The predicted molar refractivity (Wildman–Crippen MR) is 63.9 cm³/mol. The van der Waals surface area contributed by atoms with E-state index in [1.54, 1.807) is 19.1 Å². The molecule has 2 rings (SSSR count). The Hall–Kier alpha value is -2.77. The van der Waals surface area contributed by atoms with Crippen molar-refractivity contribution in [2.75, 3.05) is 0 Å². The first-order valence-electron chi connectivity index (χ1n) is 5.35. The summed E-state index contributed by atoms with van der Waals surface area (Å²) >= 11 is 0. The van der Waals surface area contributed by atoms with Gasteiger partial charge in [0.05, 0.1) is 17.2 Å². The van der Waals surface area contributed by atoms with Crippen molar-refractivity contribution in [2.45, 2.75) is 13.5 Å². The number of nitrogens with zero attached hydrogens (tertiary/aromatic N) is 4. The van der Waals surface area contributed by atoms with Crippen molar-refractivity contribution in [1.29, 1.82) is 0 Å². The highest BCUT2D eigenvalue weighted by molar-refractivity contribution is 5.86. The van der Waals surface area contributed by atoms with Gasteiger partial charge in [0.25, 0.3) is 5.69 Å². The van der Waals surface area contributed by atoms with Crippen LogP contribution >= 0.6 is 0 Å². The Balaban J connectivity index is 2.21. The quantitative estimate of drug-likeness (QED) is 0.655. The van der Waals surface area contributed by atoms with Crippen LogP contribution in [-0.4, -0.2) is 31.0 Å². The molecule has 98 valence electrons.